The summed E-state index contributed by atoms with van der Waals surface area (Å²) in [5, 5.41) is 2.37. The zero-order valence-electron chi connectivity index (χ0n) is 17.6. The average molecular weight is 399 g/mol. The maximum atomic E-state index is 12.8. The van der Waals surface area contributed by atoms with Gasteiger partial charge in [-0.25, -0.2) is 0 Å². The third-order valence-corrected chi connectivity index (χ3v) is 5.34. The van der Waals surface area contributed by atoms with Crippen LogP contribution in [0.15, 0.2) is 77.6 Å². The zero-order chi connectivity index (χ0) is 21.3. The van der Waals surface area contributed by atoms with Gasteiger partial charge >= 0.3 is 6.02 Å². The first kappa shape index (κ1) is 19.7. The SMILES string of the molecule is C=C/C(=C\C)N=C1O/C(=C/c2ccc3c(c2)c2ccccc2n3CC)C(=O)N1CC. The molecule has 0 aliphatic carbocycles. The molecule has 0 atom stereocenters. The molecular weight excluding hydrogens is 374 g/mol. The minimum atomic E-state index is -0.188. The molecule has 30 heavy (non-hydrogen) atoms. The number of fused-ring (bicyclic) bond motifs is 3. The van der Waals surface area contributed by atoms with Crippen molar-refractivity contribution in [3.8, 4) is 0 Å². The highest BCUT2D eigenvalue weighted by atomic mass is 16.5. The fourth-order valence-corrected chi connectivity index (χ4v) is 3.86. The molecule has 1 saturated heterocycles. The Hall–Kier alpha value is -3.60. The molecule has 0 N–H and O–H groups in total. The second-order valence-electron chi connectivity index (χ2n) is 7.01. The number of hydrogen-bond acceptors (Lipinski definition) is 3. The number of amidine groups is 1. The third kappa shape index (κ3) is 3.22. The van der Waals surface area contributed by atoms with Gasteiger partial charge in [0.05, 0.1) is 5.70 Å². The number of aliphatic imine (C=N–C) groups is 1. The van der Waals surface area contributed by atoms with Gasteiger partial charge in [0.25, 0.3) is 5.91 Å². The van der Waals surface area contributed by atoms with Gasteiger partial charge < -0.3 is 9.30 Å². The second-order valence-corrected chi connectivity index (χ2v) is 7.01. The largest absolute Gasteiger partial charge is 0.419 e. The second kappa shape index (κ2) is 8.03. The lowest BCUT2D eigenvalue weighted by atomic mass is 10.1. The Balaban J connectivity index is 1.78. The van der Waals surface area contributed by atoms with Crippen molar-refractivity contribution in [2.24, 2.45) is 4.99 Å². The summed E-state index contributed by atoms with van der Waals surface area (Å²) in [5.74, 6) is 0.0838. The molecule has 0 spiro atoms. The molecule has 3 aromatic rings. The fourth-order valence-electron chi connectivity index (χ4n) is 3.86. The molecule has 5 nitrogen and oxygen atoms in total. The minimum Gasteiger partial charge on any atom is -0.419 e. The predicted octanol–water partition coefficient (Wildman–Crippen LogP) is 5.48. The van der Waals surface area contributed by atoms with E-state index >= 15 is 0 Å². The molecule has 1 aliphatic rings. The van der Waals surface area contributed by atoms with Gasteiger partial charge in [-0.1, -0.05) is 36.9 Å². The number of benzene rings is 2. The Bertz CT molecular complexity index is 1240. The van der Waals surface area contributed by atoms with Crippen molar-refractivity contribution < 1.29 is 9.53 Å². The number of carbonyl (C=O) groups excluding carboxylic acids is 1. The van der Waals surface area contributed by atoms with Crippen LogP contribution in [-0.2, 0) is 16.1 Å². The van der Waals surface area contributed by atoms with E-state index in [-0.39, 0.29) is 17.7 Å². The van der Waals surface area contributed by atoms with E-state index in [1.54, 1.807) is 12.2 Å². The average Bonchev–Trinajstić information content (AvgIpc) is 3.25. The van der Waals surface area contributed by atoms with E-state index < -0.39 is 0 Å². The number of amides is 1. The fraction of sp³-hybridized carbons (Fsp3) is 0.200. The van der Waals surface area contributed by atoms with E-state index in [0.29, 0.717) is 12.2 Å². The van der Waals surface area contributed by atoms with Crippen LogP contribution in [0.3, 0.4) is 0 Å². The van der Waals surface area contributed by atoms with Gasteiger partial charge in [0.15, 0.2) is 5.76 Å². The Labute approximate surface area is 176 Å². The standard InChI is InChI=1S/C25H25N3O2/c1-5-18(6-2)26-25-28(8-4)24(29)23(30-25)16-17-13-14-22-20(15-17)19-11-9-10-12-21(19)27(22)7-3/h5-6,9-16H,1,7-8H2,2-4H3/b18-6+,23-16+,26-25?. The van der Waals surface area contributed by atoms with Gasteiger partial charge in [-0.3, -0.25) is 9.69 Å². The smallest absolute Gasteiger partial charge is 0.305 e. The van der Waals surface area contributed by atoms with Crippen molar-refractivity contribution in [2.45, 2.75) is 27.3 Å². The van der Waals surface area contributed by atoms with E-state index in [2.05, 4.69) is 59.5 Å². The van der Waals surface area contributed by atoms with Crippen molar-refractivity contribution >= 4 is 39.8 Å². The van der Waals surface area contributed by atoms with E-state index in [9.17, 15) is 4.79 Å². The number of ether oxygens (including phenoxy) is 1. The number of aryl methyl sites for hydroxylation is 1. The number of para-hydroxylation sites is 1. The number of rotatable bonds is 5. The summed E-state index contributed by atoms with van der Waals surface area (Å²) in [5.41, 5.74) is 3.96. The Morgan fingerprint density at radius 2 is 1.87 bits per heavy atom. The first-order valence-electron chi connectivity index (χ1n) is 10.2. The first-order valence-corrected chi connectivity index (χ1v) is 10.2. The molecule has 1 aliphatic heterocycles. The summed E-state index contributed by atoms with van der Waals surface area (Å²) < 4.78 is 8.14. The molecule has 0 saturated carbocycles. The maximum Gasteiger partial charge on any atom is 0.305 e. The monoisotopic (exact) mass is 399 g/mol. The van der Waals surface area contributed by atoms with Gasteiger partial charge in [0, 0.05) is 34.9 Å². The maximum absolute atomic E-state index is 12.8. The molecule has 0 unspecified atom stereocenters. The van der Waals surface area contributed by atoms with Crippen molar-refractivity contribution in [3.63, 3.8) is 0 Å². The topological polar surface area (TPSA) is 46.8 Å². The van der Waals surface area contributed by atoms with Crippen LogP contribution in [0.25, 0.3) is 27.9 Å². The number of hydrogen-bond donors (Lipinski definition) is 0. The summed E-state index contributed by atoms with van der Waals surface area (Å²) >= 11 is 0. The molecule has 1 fully saturated rings. The van der Waals surface area contributed by atoms with Crippen LogP contribution in [0.2, 0.25) is 0 Å². The van der Waals surface area contributed by atoms with Crippen molar-refractivity contribution in [1.29, 1.82) is 0 Å². The summed E-state index contributed by atoms with van der Waals surface area (Å²) in [6.45, 7) is 11.0. The normalized spacial score (nSPS) is 17.5. The van der Waals surface area contributed by atoms with E-state index in [1.807, 2.05) is 26.0 Å². The predicted molar refractivity (Wildman–Crippen MR) is 123 cm³/mol. The van der Waals surface area contributed by atoms with Gasteiger partial charge in [0.1, 0.15) is 0 Å². The van der Waals surface area contributed by atoms with Crippen LogP contribution in [-0.4, -0.2) is 27.9 Å². The lowest BCUT2D eigenvalue weighted by molar-refractivity contribution is -0.122. The van der Waals surface area contributed by atoms with Crippen LogP contribution in [0.4, 0.5) is 0 Å². The lowest BCUT2D eigenvalue weighted by Gasteiger charge is -2.09. The van der Waals surface area contributed by atoms with Crippen molar-refractivity contribution in [3.05, 3.63) is 78.2 Å². The molecule has 4 rings (SSSR count). The number of nitrogens with zero attached hydrogens (tertiary/aromatic N) is 3. The summed E-state index contributed by atoms with van der Waals surface area (Å²) in [7, 11) is 0. The van der Waals surface area contributed by atoms with Gasteiger partial charge in [-0.2, -0.15) is 4.99 Å². The highest BCUT2D eigenvalue weighted by molar-refractivity contribution is 6.12. The summed E-state index contributed by atoms with van der Waals surface area (Å²) in [6, 6.07) is 14.9. The molecule has 5 heteroatoms. The van der Waals surface area contributed by atoms with E-state index in [1.165, 1.54) is 21.3 Å². The highest BCUT2D eigenvalue weighted by Gasteiger charge is 2.33. The third-order valence-electron chi connectivity index (χ3n) is 5.34. The number of carbonyl (C=O) groups is 1. The molecule has 152 valence electrons. The van der Waals surface area contributed by atoms with Crippen LogP contribution in [0, 0.1) is 0 Å². The quantitative estimate of drug-likeness (QED) is 0.421. The highest BCUT2D eigenvalue weighted by Crippen LogP contribution is 2.31. The molecule has 1 amide bonds. The van der Waals surface area contributed by atoms with Gasteiger partial charge in [0.2, 0.25) is 0 Å². The molecule has 0 radical (unpaired) electrons. The van der Waals surface area contributed by atoms with Crippen LogP contribution in [0.1, 0.15) is 26.3 Å². The Morgan fingerprint density at radius 1 is 1.10 bits per heavy atom. The Morgan fingerprint density at radius 3 is 2.57 bits per heavy atom. The van der Waals surface area contributed by atoms with Crippen molar-refractivity contribution in [1.82, 2.24) is 9.47 Å². The molecule has 0 bridgehead atoms. The van der Waals surface area contributed by atoms with E-state index in [0.717, 1.165) is 17.5 Å². The van der Waals surface area contributed by atoms with E-state index in [4.69, 9.17) is 4.74 Å². The first-order chi connectivity index (χ1) is 14.6. The number of likely N-dealkylation sites (N-methyl/N-ethyl adjacent to an activating group) is 1. The zero-order valence-corrected chi connectivity index (χ0v) is 17.6. The minimum absolute atomic E-state index is 0.188. The summed E-state index contributed by atoms with van der Waals surface area (Å²) in [6.07, 6.45) is 5.24. The van der Waals surface area contributed by atoms with Gasteiger partial charge in [-0.05, 0) is 56.7 Å². The summed E-state index contributed by atoms with van der Waals surface area (Å²) in [4.78, 5) is 18.8. The number of aromatic nitrogens is 1. The molecular formula is C25H25N3O2. The Kier molecular flexibility index (Phi) is 5.27. The van der Waals surface area contributed by atoms with Gasteiger partial charge in [-0.15, -0.1) is 0 Å². The molecule has 2 heterocycles. The lowest BCUT2D eigenvalue weighted by Crippen LogP contribution is -2.29. The molecule has 1 aromatic heterocycles. The molecule has 2 aromatic carbocycles. The van der Waals surface area contributed by atoms with Crippen LogP contribution in [0.5, 0.6) is 0 Å². The van der Waals surface area contributed by atoms with Crippen molar-refractivity contribution in [2.75, 3.05) is 6.54 Å². The van der Waals surface area contributed by atoms with Crippen LogP contribution >= 0.6 is 0 Å². The number of allylic oxidation sites excluding steroid dienone is 2. The van der Waals surface area contributed by atoms with Crippen LogP contribution < -0.4 is 0 Å².